The Morgan fingerprint density at radius 2 is 1.21 bits per heavy atom. The van der Waals surface area contributed by atoms with E-state index in [0.717, 1.165) is 31.6 Å². The van der Waals surface area contributed by atoms with Crippen molar-refractivity contribution in [3.8, 4) is 0 Å². The fourth-order valence-corrected chi connectivity index (χ4v) is 8.64. The topological polar surface area (TPSA) is 21.6 Å². The second kappa shape index (κ2) is 11.7. The summed E-state index contributed by atoms with van der Waals surface area (Å²) in [5, 5.41) is 4.31. The molecule has 4 aliphatic carbocycles. The van der Waals surface area contributed by atoms with Crippen LogP contribution in [0.25, 0.3) is 0 Å². The van der Waals surface area contributed by atoms with E-state index in [0.29, 0.717) is 6.61 Å². The molecule has 4 bridgehead atoms. The smallest absolute Gasteiger partial charge is 0.217 e. The van der Waals surface area contributed by atoms with Crippen molar-refractivity contribution in [3.63, 3.8) is 0 Å². The average molecular weight is 566 g/mol. The third-order valence-corrected chi connectivity index (χ3v) is 11.1. The summed E-state index contributed by atoms with van der Waals surface area (Å²) in [4.78, 5) is 5.08. The highest BCUT2D eigenvalue weighted by Gasteiger charge is 2.25. The van der Waals surface area contributed by atoms with Crippen molar-refractivity contribution < 1.29 is 4.74 Å². The molecule has 0 aromatic heterocycles. The van der Waals surface area contributed by atoms with E-state index in [1.54, 1.807) is 0 Å². The van der Waals surface area contributed by atoms with Gasteiger partial charge in [0.15, 0.2) is 0 Å². The molecule has 1 heterocycles. The molecule has 0 N–H and O–H groups in total. The van der Waals surface area contributed by atoms with Gasteiger partial charge in [-0.1, -0.05) is 120 Å². The quantitative estimate of drug-likeness (QED) is 0.203. The molecular weight excluding hydrogens is 529 g/mol. The van der Waals surface area contributed by atoms with Crippen LogP contribution in [-0.2, 0) is 30.4 Å². The normalized spacial score (nSPS) is 16.2. The molecule has 42 heavy (non-hydrogen) atoms. The van der Waals surface area contributed by atoms with Crippen LogP contribution in [0, 0.1) is 13.8 Å². The molecule has 0 saturated carbocycles. The molecule has 0 fully saturated rings. The summed E-state index contributed by atoms with van der Waals surface area (Å²) in [6.45, 7) is 4.95. The lowest BCUT2D eigenvalue weighted by Gasteiger charge is -2.24. The van der Waals surface area contributed by atoms with Crippen LogP contribution < -0.4 is 15.9 Å². The highest BCUT2D eigenvalue weighted by atomic mass is 31.1. The van der Waals surface area contributed by atoms with E-state index in [1.807, 2.05) is 0 Å². The van der Waals surface area contributed by atoms with Gasteiger partial charge in [0.05, 0.1) is 0 Å². The van der Waals surface area contributed by atoms with Crippen molar-refractivity contribution in [2.45, 2.75) is 45.6 Å². The Labute approximate surface area is 250 Å². The highest BCUT2D eigenvalue weighted by Crippen LogP contribution is 2.36. The molecule has 0 amide bonds. The fourth-order valence-electron chi connectivity index (χ4n) is 6.12. The molecule has 1 atom stereocenters. The van der Waals surface area contributed by atoms with Gasteiger partial charge in [-0.15, -0.1) is 0 Å². The van der Waals surface area contributed by atoms with Gasteiger partial charge in [0.2, 0.25) is 5.90 Å². The van der Waals surface area contributed by atoms with Gasteiger partial charge in [-0.3, -0.25) is 0 Å². The van der Waals surface area contributed by atoms with Crippen molar-refractivity contribution in [1.82, 2.24) is 0 Å². The van der Waals surface area contributed by atoms with Crippen molar-refractivity contribution in [2.24, 2.45) is 4.99 Å². The summed E-state index contributed by atoms with van der Waals surface area (Å²) in [6.07, 6.45) is 3.94. The van der Waals surface area contributed by atoms with Crippen molar-refractivity contribution in [3.05, 3.63) is 160 Å². The van der Waals surface area contributed by atoms with Gasteiger partial charge >= 0.3 is 0 Å². The molecular formula is C39H36NOP. The molecule has 3 heteroatoms. The Bertz CT molecular complexity index is 1690. The number of benzene rings is 5. The van der Waals surface area contributed by atoms with Crippen LogP contribution in [0.5, 0.6) is 0 Å². The highest BCUT2D eigenvalue weighted by molar-refractivity contribution is 7.79. The molecule has 2 nitrogen and oxygen atoms in total. The molecule has 0 spiro atoms. The number of aliphatic imine (C=N–C) groups is 1. The third kappa shape index (κ3) is 5.57. The first-order valence-electron chi connectivity index (χ1n) is 15.0. The number of hydrogen-bond acceptors (Lipinski definition) is 2. The Kier molecular flexibility index (Phi) is 7.49. The van der Waals surface area contributed by atoms with Gasteiger partial charge in [0.1, 0.15) is 12.6 Å². The summed E-state index contributed by atoms with van der Waals surface area (Å²) >= 11 is 0. The molecule has 0 saturated heterocycles. The van der Waals surface area contributed by atoms with E-state index >= 15 is 0 Å². The van der Waals surface area contributed by atoms with E-state index < -0.39 is 7.92 Å². The molecule has 1 aliphatic heterocycles. The van der Waals surface area contributed by atoms with Crippen molar-refractivity contribution >= 4 is 29.7 Å². The Morgan fingerprint density at radius 3 is 1.88 bits per heavy atom. The van der Waals surface area contributed by atoms with Crippen LogP contribution >= 0.6 is 7.92 Å². The molecule has 0 unspecified atom stereocenters. The summed E-state index contributed by atoms with van der Waals surface area (Å²) in [5.74, 6) is 0.799. The zero-order valence-corrected chi connectivity index (χ0v) is 25.3. The fraction of sp³-hybridized carbons (Fsp3) is 0.205. The lowest BCUT2D eigenvalue weighted by molar-refractivity contribution is 0.319. The molecule has 0 radical (unpaired) electrons. The van der Waals surface area contributed by atoms with E-state index in [9.17, 15) is 0 Å². The number of rotatable bonds is 5. The SMILES string of the molecule is Cc1ccc(P(c2ccc(C)cc2)c2cc3ccc2CCc2ccc(cc2C2=N[C@H](c4ccccc4)CO2)CC3)cc1. The van der Waals surface area contributed by atoms with Crippen molar-refractivity contribution in [2.75, 3.05) is 6.61 Å². The van der Waals surface area contributed by atoms with Gasteiger partial charge in [-0.05, 0) is 97.2 Å². The summed E-state index contributed by atoms with van der Waals surface area (Å²) < 4.78 is 6.27. The zero-order chi connectivity index (χ0) is 28.5. The largest absolute Gasteiger partial charge is 0.475 e. The van der Waals surface area contributed by atoms with Gasteiger partial charge in [0.25, 0.3) is 0 Å². The van der Waals surface area contributed by atoms with Crippen LogP contribution in [-0.4, -0.2) is 12.5 Å². The molecule has 5 aliphatic rings. The van der Waals surface area contributed by atoms with Gasteiger partial charge in [-0.25, -0.2) is 4.99 Å². The molecule has 10 rings (SSSR count). The first-order chi connectivity index (χ1) is 20.6. The van der Waals surface area contributed by atoms with Gasteiger partial charge in [0, 0.05) is 5.56 Å². The van der Waals surface area contributed by atoms with Crippen molar-refractivity contribution in [1.29, 1.82) is 0 Å². The van der Waals surface area contributed by atoms with Crippen LogP contribution in [0.1, 0.15) is 50.5 Å². The lowest BCUT2D eigenvalue weighted by Crippen LogP contribution is -2.24. The summed E-state index contributed by atoms with van der Waals surface area (Å²) in [6, 6.07) is 43.2. The van der Waals surface area contributed by atoms with E-state index in [1.165, 1.54) is 60.4 Å². The number of hydrogen-bond donors (Lipinski definition) is 0. The maximum absolute atomic E-state index is 6.27. The van der Waals surface area contributed by atoms with Gasteiger partial charge < -0.3 is 4.74 Å². The number of aryl methyl sites for hydroxylation is 6. The first kappa shape index (κ1) is 26.9. The Hall–Kier alpha value is -4.00. The third-order valence-electron chi connectivity index (χ3n) is 8.58. The predicted octanol–water partition coefficient (Wildman–Crippen LogP) is 7.46. The molecule has 5 aromatic rings. The average Bonchev–Trinajstić information content (AvgIpc) is 3.51. The summed E-state index contributed by atoms with van der Waals surface area (Å²) in [7, 11) is -0.677. The number of nitrogens with zero attached hydrogens (tertiary/aromatic N) is 1. The second-order valence-electron chi connectivity index (χ2n) is 11.6. The minimum atomic E-state index is -0.677. The Morgan fingerprint density at radius 1 is 0.619 bits per heavy atom. The summed E-state index contributed by atoms with van der Waals surface area (Å²) in [5.41, 5.74) is 10.5. The number of ether oxygens (including phenoxy) is 1. The lowest BCUT2D eigenvalue weighted by atomic mass is 9.93. The van der Waals surface area contributed by atoms with Crippen LogP contribution in [0.3, 0.4) is 0 Å². The molecule has 208 valence electrons. The monoisotopic (exact) mass is 565 g/mol. The van der Waals surface area contributed by atoms with Crippen LogP contribution in [0.2, 0.25) is 0 Å². The first-order valence-corrected chi connectivity index (χ1v) is 16.4. The van der Waals surface area contributed by atoms with Crippen LogP contribution in [0.15, 0.2) is 120 Å². The standard InChI is InChI=1S/C39H36NOP/c1-27-8-20-34(21-9-27)42(35-22-10-28(2)11-23-35)38-25-30-13-12-29-14-16-31(18-19-33(38)17-15-30)36(24-29)39-40-37(26-41-39)32-6-4-3-5-7-32/h3-11,14-17,20-25,37H,12-13,18-19,26H2,1-2H3/t37-/m0/s1. The molecule has 5 aromatic carbocycles. The minimum Gasteiger partial charge on any atom is -0.475 e. The van der Waals surface area contributed by atoms with E-state index in [2.05, 4.69) is 129 Å². The minimum absolute atomic E-state index is 0.0579. The predicted molar refractivity (Wildman–Crippen MR) is 178 cm³/mol. The van der Waals surface area contributed by atoms with E-state index in [-0.39, 0.29) is 6.04 Å². The second-order valence-corrected chi connectivity index (χ2v) is 13.8. The Balaban J connectivity index is 1.28. The van der Waals surface area contributed by atoms with Gasteiger partial charge in [-0.2, -0.15) is 0 Å². The van der Waals surface area contributed by atoms with Crippen LogP contribution in [0.4, 0.5) is 0 Å². The maximum Gasteiger partial charge on any atom is 0.217 e. The zero-order valence-electron chi connectivity index (χ0n) is 24.4. The van der Waals surface area contributed by atoms with E-state index in [4.69, 9.17) is 9.73 Å². The maximum atomic E-state index is 6.27.